The molecule has 2 aromatic carbocycles. The van der Waals surface area contributed by atoms with E-state index in [1.54, 1.807) is 11.3 Å². The zero-order valence-electron chi connectivity index (χ0n) is 17.1. The van der Waals surface area contributed by atoms with E-state index in [1.807, 2.05) is 48.7 Å². The highest BCUT2D eigenvalue weighted by atomic mass is 32.1. The fourth-order valence-corrected chi connectivity index (χ4v) is 4.26. The van der Waals surface area contributed by atoms with E-state index < -0.39 is 0 Å². The van der Waals surface area contributed by atoms with Crippen LogP contribution < -0.4 is 21.1 Å². The number of amides is 1. The summed E-state index contributed by atoms with van der Waals surface area (Å²) >= 11 is 1.57. The number of hydrogen-bond acceptors (Lipinski definition) is 7. The second-order valence-corrected chi connectivity index (χ2v) is 8.57. The van der Waals surface area contributed by atoms with E-state index in [9.17, 15) is 4.79 Å². The van der Waals surface area contributed by atoms with Crippen molar-refractivity contribution in [2.75, 3.05) is 30.4 Å². The number of nitrogens with two attached hydrogens (primary N) is 1. The van der Waals surface area contributed by atoms with Crippen LogP contribution in [-0.4, -0.2) is 41.8 Å². The predicted molar refractivity (Wildman–Crippen MR) is 124 cm³/mol. The number of hydrogen-bond donors (Lipinski definition) is 4. The molecule has 0 unspecified atom stereocenters. The standard InChI is InChI=1S/C23H26N4O3S/c24-18(10-15-2-5-19(6-3-15)30-9-1-8-28)13-25-23-26-14-21(31-23)16-4-7-20-17(11-16)12-22(29)27-20/h2-7,11,14,18,28H,1,8-10,12-13,24H2,(H,25,26)(H,27,29)/t18-/m1/s1. The molecule has 0 bridgehead atoms. The normalized spacial score (nSPS) is 13.5. The van der Waals surface area contributed by atoms with Gasteiger partial charge >= 0.3 is 0 Å². The molecular formula is C23H26N4O3S. The summed E-state index contributed by atoms with van der Waals surface area (Å²) in [6.45, 7) is 1.26. The van der Waals surface area contributed by atoms with E-state index in [2.05, 4.69) is 15.6 Å². The molecule has 162 valence electrons. The van der Waals surface area contributed by atoms with E-state index in [0.717, 1.165) is 44.6 Å². The van der Waals surface area contributed by atoms with Gasteiger partial charge in [-0.05, 0) is 47.4 Å². The molecule has 1 amide bonds. The van der Waals surface area contributed by atoms with E-state index in [-0.39, 0.29) is 18.6 Å². The summed E-state index contributed by atoms with van der Waals surface area (Å²) in [4.78, 5) is 17.1. The zero-order chi connectivity index (χ0) is 21.6. The monoisotopic (exact) mass is 438 g/mol. The molecule has 0 saturated carbocycles. The third-order valence-electron chi connectivity index (χ3n) is 5.03. The van der Waals surface area contributed by atoms with Crippen LogP contribution in [0.2, 0.25) is 0 Å². The molecule has 8 heteroatoms. The maximum Gasteiger partial charge on any atom is 0.228 e. The van der Waals surface area contributed by atoms with Crippen LogP contribution in [-0.2, 0) is 17.6 Å². The smallest absolute Gasteiger partial charge is 0.228 e. The van der Waals surface area contributed by atoms with Gasteiger partial charge in [0.15, 0.2) is 5.13 Å². The van der Waals surface area contributed by atoms with Crippen molar-refractivity contribution < 1.29 is 14.6 Å². The van der Waals surface area contributed by atoms with Gasteiger partial charge in [-0.2, -0.15) is 0 Å². The van der Waals surface area contributed by atoms with Gasteiger partial charge in [0.25, 0.3) is 0 Å². The van der Waals surface area contributed by atoms with Crippen molar-refractivity contribution in [3.8, 4) is 16.2 Å². The summed E-state index contributed by atoms with van der Waals surface area (Å²) in [5.41, 5.74) is 10.4. The average Bonchev–Trinajstić information content (AvgIpc) is 3.39. The number of aromatic nitrogens is 1. The number of nitrogens with one attached hydrogen (secondary N) is 2. The van der Waals surface area contributed by atoms with Gasteiger partial charge in [-0.1, -0.05) is 29.5 Å². The Morgan fingerprint density at radius 1 is 1.26 bits per heavy atom. The number of thiazole rings is 1. The van der Waals surface area contributed by atoms with Gasteiger partial charge in [0, 0.05) is 37.5 Å². The fraction of sp³-hybridized carbons (Fsp3) is 0.304. The first-order chi connectivity index (χ1) is 15.1. The first-order valence-corrected chi connectivity index (χ1v) is 11.1. The molecule has 7 nitrogen and oxygen atoms in total. The molecule has 2 heterocycles. The number of carbonyl (C=O) groups excluding carboxylic acids is 1. The van der Waals surface area contributed by atoms with Crippen molar-refractivity contribution in [2.45, 2.75) is 25.3 Å². The van der Waals surface area contributed by atoms with Crippen LogP contribution in [0.5, 0.6) is 5.75 Å². The number of ether oxygens (including phenoxy) is 1. The highest BCUT2D eigenvalue weighted by Gasteiger charge is 2.18. The Balaban J connectivity index is 1.28. The minimum Gasteiger partial charge on any atom is -0.494 e. The van der Waals surface area contributed by atoms with Crippen molar-refractivity contribution in [1.29, 1.82) is 0 Å². The Kier molecular flexibility index (Phi) is 6.81. The maximum atomic E-state index is 11.5. The Labute approximate surface area is 185 Å². The molecule has 0 saturated heterocycles. The van der Waals surface area contributed by atoms with Crippen molar-refractivity contribution in [3.05, 3.63) is 59.8 Å². The molecule has 0 fully saturated rings. The lowest BCUT2D eigenvalue weighted by Crippen LogP contribution is -2.31. The van der Waals surface area contributed by atoms with Crippen LogP contribution in [0.1, 0.15) is 17.5 Å². The Bertz CT molecular complexity index is 1040. The van der Waals surface area contributed by atoms with Crippen LogP contribution in [0.3, 0.4) is 0 Å². The van der Waals surface area contributed by atoms with Gasteiger partial charge in [0.1, 0.15) is 5.75 Å². The summed E-state index contributed by atoms with van der Waals surface area (Å²) in [6.07, 6.45) is 3.64. The number of fused-ring (bicyclic) bond motifs is 1. The number of anilines is 2. The molecule has 31 heavy (non-hydrogen) atoms. The number of rotatable bonds is 10. The van der Waals surface area contributed by atoms with Crippen LogP contribution in [0, 0.1) is 0 Å². The van der Waals surface area contributed by atoms with Crippen molar-refractivity contribution in [1.82, 2.24) is 4.98 Å². The third-order valence-corrected chi connectivity index (χ3v) is 6.03. The van der Waals surface area contributed by atoms with Gasteiger partial charge in [0.2, 0.25) is 5.91 Å². The lowest BCUT2D eigenvalue weighted by molar-refractivity contribution is -0.115. The summed E-state index contributed by atoms with van der Waals surface area (Å²) in [7, 11) is 0. The van der Waals surface area contributed by atoms with Gasteiger partial charge in [-0.3, -0.25) is 4.79 Å². The van der Waals surface area contributed by atoms with Crippen molar-refractivity contribution in [3.63, 3.8) is 0 Å². The van der Waals surface area contributed by atoms with Gasteiger partial charge in [-0.25, -0.2) is 4.98 Å². The summed E-state index contributed by atoms with van der Waals surface area (Å²) in [5, 5.41) is 15.8. The quantitative estimate of drug-likeness (QED) is 0.362. The van der Waals surface area contributed by atoms with Crippen molar-refractivity contribution in [2.24, 2.45) is 5.73 Å². The van der Waals surface area contributed by atoms with E-state index in [0.29, 0.717) is 26.0 Å². The molecule has 4 rings (SSSR count). The lowest BCUT2D eigenvalue weighted by atomic mass is 10.1. The second-order valence-electron chi connectivity index (χ2n) is 7.54. The molecule has 1 aliphatic rings. The summed E-state index contributed by atoms with van der Waals surface area (Å²) < 4.78 is 5.55. The first-order valence-electron chi connectivity index (χ1n) is 10.3. The Morgan fingerprint density at radius 2 is 2.10 bits per heavy atom. The Hall–Kier alpha value is -2.94. The molecule has 0 radical (unpaired) electrons. The number of carbonyl (C=O) groups is 1. The van der Waals surface area contributed by atoms with Gasteiger partial charge in [-0.15, -0.1) is 0 Å². The van der Waals surface area contributed by atoms with E-state index >= 15 is 0 Å². The van der Waals surface area contributed by atoms with Crippen molar-refractivity contribution >= 4 is 28.1 Å². The molecule has 5 N–H and O–H groups in total. The van der Waals surface area contributed by atoms with Crippen LogP contribution in [0.25, 0.3) is 10.4 Å². The molecule has 0 aliphatic carbocycles. The van der Waals surface area contributed by atoms with Gasteiger partial charge in [0.05, 0.1) is 17.9 Å². The maximum absolute atomic E-state index is 11.5. The first kappa shape index (κ1) is 21.3. The molecule has 1 aliphatic heterocycles. The number of aliphatic hydroxyl groups is 1. The Morgan fingerprint density at radius 3 is 2.90 bits per heavy atom. The van der Waals surface area contributed by atoms with Gasteiger partial charge < -0.3 is 26.2 Å². The fourth-order valence-electron chi connectivity index (χ4n) is 3.44. The highest BCUT2D eigenvalue weighted by molar-refractivity contribution is 7.18. The second kappa shape index (κ2) is 9.91. The molecular weight excluding hydrogens is 412 g/mol. The van der Waals surface area contributed by atoms with E-state index in [4.69, 9.17) is 15.6 Å². The minimum absolute atomic E-state index is 0.0386. The van der Waals surface area contributed by atoms with Crippen LogP contribution >= 0.6 is 11.3 Å². The summed E-state index contributed by atoms with van der Waals surface area (Å²) in [6, 6.07) is 13.8. The summed E-state index contributed by atoms with van der Waals surface area (Å²) in [5.74, 6) is 0.836. The molecule has 1 atom stereocenters. The molecule has 3 aromatic rings. The molecule has 0 spiro atoms. The SMILES string of the molecule is N[C@@H](CNc1ncc(-c2ccc3c(c2)CC(=O)N3)s1)Cc1ccc(OCCCO)cc1. The number of aliphatic hydroxyl groups excluding tert-OH is 1. The van der Waals surface area contributed by atoms with Crippen LogP contribution in [0.4, 0.5) is 10.8 Å². The largest absolute Gasteiger partial charge is 0.494 e. The zero-order valence-corrected chi connectivity index (χ0v) is 18.0. The topological polar surface area (TPSA) is 110 Å². The number of nitrogens with zero attached hydrogens (tertiary/aromatic N) is 1. The third kappa shape index (κ3) is 5.61. The van der Waals surface area contributed by atoms with Crippen LogP contribution in [0.15, 0.2) is 48.7 Å². The average molecular weight is 439 g/mol. The minimum atomic E-state index is -0.0504. The number of benzene rings is 2. The highest BCUT2D eigenvalue weighted by Crippen LogP contribution is 2.33. The lowest BCUT2D eigenvalue weighted by Gasteiger charge is -2.13. The molecule has 1 aromatic heterocycles. The predicted octanol–water partition coefficient (Wildman–Crippen LogP) is 3.05. The van der Waals surface area contributed by atoms with E-state index in [1.165, 1.54) is 0 Å².